The molecule has 2 atom stereocenters. The topological polar surface area (TPSA) is 85.2 Å². The summed E-state index contributed by atoms with van der Waals surface area (Å²) in [6.45, 7) is 10.4. The molecule has 1 unspecified atom stereocenters. The number of morpholine rings is 1. The molecular weight excluding hydrogens is 396 g/mol. The fraction of sp³-hybridized carbons (Fsp3) is 0.609. The monoisotopic (exact) mass is 428 g/mol. The highest BCUT2D eigenvalue weighted by Crippen LogP contribution is 2.45. The van der Waals surface area contributed by atoms with Crippen LogP contribution in [0.5, 0.6) is 0 Å². The number of aromatic nitrogens is 2. The first-order valence-electron chi connectivity index (χ1n) is 10.9. The van der Waals surface area contributed by atoms with Gasteiger partial charge in [0.05, 0.1) is 30.4 Å². The van der Waals surface area contributed by atoms with Crippen molar-refractivity contribution in [1.29, 1.82) is 0 Å². The Labute approximate surface area is 182 Å². The van der Waals surface area contributed by atoms with Crippen LogP contribution in [0, 0.1) is 12.8 Å². The summed E-state index contributed by atoms with van der Waals surface area (Å²) in [5, 5.41) is 3.22. The van der Waals surface area contributed by atoms with Crippen LogP contribution in [0.4, 0.5) is 4.79 Å². The molecule has 1 saturated carbocycles. The standard InChI is InChI=1S/C23H32N4O4/c1-15-7-6-10-27-17(15)13-24-20(27)23(5,16-8-9-16)25-19(28)18-14-26(11-12-30-18)21(29)31-22(2,3)4/h6-7,10,13,16,18H,8-9,11-12,14H2,1-5H3,(H,25,28)/t18-,23?/m0/s1. The Bertz CT molecular complexity index is 991. The summed E-state index contributed by atoms with van der Waals surface area (Å²) in [6.07, 6.45) is 4.75. The first kappa shape index (κ1) is 21.6. The predicted molar refractivity (Wildman–Crippen MR) is 116 cm³/mol. The lowest BCUT2D eigenvalue weighted by Gasteiger charge is -2.36. The van der Waals surface area contributed by atoms with E-state index in [1.807, 2.05) is 46.2 Å². The molecule has 2 aromatic rings. The number of carbonyl (C=O) groups excluding carboxylic acids is 2. The van der Waals surface area contributed by atoms with Gasteiger partial charge in [0.1, 0.15) is 11.4 Å². The molecule has 2 aliphatic rings. The van der Waals surface area contributed by atoms with E-state index in [1.165, 1.54) is 0 Å². The Morgan fingerprint density at radius 2 is 2.00 bits per heavy atom. The minimum atomic E-state index is -0.743. The van der Waals surface area contributed by atoms with Gasteiger partial charge in [0.15, 0.2) is 6.10 Å². The second kappa shape index (κ2) is 7.82. The van der Waals surface area contributed by atoms with Crippen molar-refractivity contribution in [1.82, 2.24) is 19.6 Å². The van der Waals surface area contributed by atoms with E-state index in [0.29, 0.717) is 19.1 Å². The van der Waals surface area contributed by atoms with Gasteiger partial charge in [-0.05, 0) is 65.0 Å². The van der Waals surface area contributed by atoms with E-state index >= 15 is 0 Å². The maximum Gasteiger partial charge on any atom is 0.410 e. The normalized spacial score (nSPS) is 21.6. The Hall–Kier alpha value is -2.61. The van der Waals surface area contributed by atoms with E-state index in [9.17, 15) is 9.59 Å². The van der Waals surface area contributed by atoms with Gasteiger partial charge in [-0.1, -0.05) is 6.07 Å². The predicted octanol–water partition coefficient (Wildman–Crippen LogP) is 3.02. The second-order valence-electron chi connectivity index (χ2n) is 9.78. The van der Waals surface area contributed by atoms with E-state index in [0.717, 1.165) is 29.7 Å². The molecule has 1 aliphatic carbocycles. The summed E-state index contributed by atoms with van der Waals surface area (Å²) < 4.78 is 13.2. The third-order valence-corrected chi connectivity index (χ3v) is 6.03. The van der Waals surface area contributed by atoms with Crippen LogP contribution in [0.25, 0.3) is 5.52 Å². The maximum absolute atomic E-state index is 13.2. The molecule has 2 aromatic heterocycles. The number of rotatable bonds is 4. The van der Waals surface area contributed by atoms with E-state index in [4.69, 9.17) is 14.5 Å². The quantitative estimate of drug-likeness (QED) is 0.809. The lowest BCUT2D eigenvalue weighted by Crippen LogP contribution is -2.56. The van der Waals surface area contributed by atoms with Crippen molar-refractivity contribution in [3.8, 4) is 0 Å². The molecule has 1 aliphatic heterocycles. The lowest BCUT2D eigenvalue weighted by atomic mass is 9.94. The number of ether oxygens (including phenoxy) is 2. The fourth-order valence-electron chi connectivity index (χ4n) is 4.18. The van der Waals surface area contributed by atoms with E-state index in [1.54, 1.807) is 4.90 Å². The van der Waals surface area contributed by atoms with Crippen LogP contribution in [0.15, 0.2) is 24.5 Å². The SMILES string of the molecule is Cc1cccn2c(C(C)(NC(=O)[C@@H]3CN(C(=O)OC(C)(C)C)CCO3)C3CC3)ncc12. The van der Waals surface area contributed by atoms with E-state index < -0.39 is 23.3 Å². The number of pyridine rings is 1. The Morgan fingerprint density at radius 3 is 2.68 bits per heavy atom. The number of hydrogen-bond donors (Lipinski definition) is 1. The summed E-state index contributed by atoms with van der Waals surface area (Å²) in [5.41, 5.74) is 0.963. The van der Waals surface area contributed by atoms with E-state index in [2.05, 4.69) is 22.7 Å². The number of nitrogens with zero attached hydrogens (tertiary/aromatic N) is 3. The molecule has 4 rings (SSSR count). The van der Waals surface area contributed by atoms with Crippen molar-refractivity contribution in [2.45, 2.75) is 64.7 Å². The van der Waals surface area contributed by atoms with Crippen molar-refractivity contribution in [2.24, 2.45) is 5.92 Å². The number of nitrogens with one attached hydrogen (secondary N) is 1. The van der Waals surface area contributed by atoms with Crippen molar-refractivity contribution in [2.75, 3.05) is 19.7 Å². The van der Waals surface area contributed by atoms with Crippen molar-refractivity contribution < 1.29 is 19.1 Å². The molecule has 31 heavy (non-hydrogen) atoms. The molecule has 1 saturated heterocycles. The smallest absolute Gasteiger partial charge is 0.410 e. The van der Waals surface area contributed by atoms with Crippen LogP contribution in [0.2, 0.25) is 0 Å². The zero-order valence-corrected chi connectivity index (χ0v) is 19.0. The third kappa shape index (κ3) is 4.39. The molecule has 0 aromatic carbocycles. The van der Waals surface area contributed by atoms with Gasteiger partial charge in [0.25, 0.3) is 5.91 Å². The van der Waals surface area contributed by atoms with Crippen LogP contribution >= 0.6 is 0 Å². The van der Waals surface area contributed by atoms with Crippen molar-refractivity contribution in [3.05, 3.63) is 35.9 Å². The van der Waals surface area contributed by atoms with Gasteiger partial charge < -0.3 is 24.1 Å². The summed E-state index contributed by atoms with van der Waals surface area (Å²) in [6, 6.07) is 4.04. The number of carbonyl (C=O) groups is 2. The average molecular weight is 429 g/mol. The van der Waals surface area contributed by atoms with Crippen molar-refractivity contribution in [3.63, 3.8) is 0 Å². The first-order chi connectivity index (χ1) is 14.6. The Balaban J connectivity index is 1.53. The maximum atomic E-state index is 13.2. The third-order valence-electron chi connectivity index (χ3n) is 6.03. The molecule has 0 radical (unpaired) electrons. The number of amides is 2. The van der Waals surface area contributed by atoms with Crippen LogP contribution in [-0.4, -0.2) is 57.7 Å². The highest BCUT2D eigenvalue weighted by atomic mass is 16.6. The number of aryl methyl sites for hydroxylation is 1. The van der Waals surface area contributed by atoms with Crippen LogP contribution < -0.4 is 5.32 Å². The summed E-state index contributed by atoms with van der Waals surface area (Å²) in [5.74, 6) is 0.905. The van der Waals surface area contributed by atoms with Gasteiger partial charge in [-0.25, -0.2) is 9.78 Å². The van der Waals surface area contributed by atoms with Crippen molar-refractivity contribution >= 4 is 17.5 Å². The Kier molecular flexibility index (Phi) is 5.45. The van der Waals surface area contributed by atoms with Gasteiger partial charge in [-0.2, -0.15) is 0 Å². The van der Waals surface area contributed by atoms with Gasteiger partial charge in [-0.15, -0.1) is 0 Å². The molecule has 8 nitrogen and oxygen atoms in total. The summed E-state index contributed by atoms with van der Waals surface area (Å²) in [7, 11) is 0. The van der Waals surface area contributed by atoms with Crippen LogP contribution in [-0.2, 0) is 19.8 Å². The van der Waals surface area contributed by atoms with Gasteiger partial charge in [0.2, 0.25) is 0 Å². The molecule has 2 amide bonds. The van der Waals surface area contributed by atoms with Crippen LogP contribution in [0.3, 0.4) is 0 Å². The second-order valence-corrected chi connectivity index (χ2v) is 9.78. The molecule has 168 valence electrons. The van der Waals surface area contributed by atoms with Gasteiger partial charge in [0, 0.05) is 12.7 Å². The first-order valence-corrected chi connectivity index (χ1v) is 10.9. The minimum absolute atomic E-state index is 0.170. The minimum Gasteiger partial charge on any atom is -0.444 e. The molecule has 0 spiro atoms. The highest BCUT2D eigenvalue weighted by Gasteiger charge is 2.48. The number of imidazole rings is 1. The molecular formula is C23H32N4O4. The van der Waals surface area contributed by atoms with E-state index in [-0.39, 0.29) is 12.5 Å². The Morgan fingerprint density at radius 1 is 1.26 bits per heavy atom. The molecule has 8 heteroatoms. The van der Waals surface area contributed by atoms with Crippen LogP contribution in [0.1, 0.15) is 51.9 Å². The van der Waals surface area contributed by atoms with Gasteiger partial charge in [-0.3, -0.25) is 4.79 Å². The van der Waals surface area contributed by atoms with Gasteiger partial charge >= 0.3 is 6.09 Å². The summed E-state index contributed by atoms with van der Waals surface area (Å²) in [4.78, 5) is 31.9. The fourth-order valence-corrected chi connectivity index (χ4v) is 4.18. The average Bonchev–Trinajstić information content (AvgIpc) is 3.46. The summed E-state index contributed by atoms with van der Waals surface area (Å²) >= 11 is 0. The lowest BCUT2D eigenvalue weighted by molar-refractivity contribution is -0.140. The largest absolute Gasteiger partial charge is 0.444 e. The molecule has 1 N–H and O–H groups in total. The molecule has 3 heterocycles. The molecule has 0 bridgehead atoms. The zero-order valence-electron chi connectivity index (χ0n) is 19.0. The molecule has 2 fully saturated rings. The zero-order chi connectivity index (χ0) is 22.4. The number of fused-ring (bicyclic) bond motifs is 1. The number of hydrogen-bond acceptors (Lipinski definition) is 5. The highest BCUT2D eigenvalue weighted by molar-refractivity contribution is 5.83.